The van der Waals surface area contributed by atoms with Crippen LogP contribution in [0.15, 0.2) is 21.5 Å². The largest absolute Gasteiger partial charge is 0.465 e. The summed E-state index contributed by atoms with van der Waals surface area (Å²) in [6.45, 7) is 6.75. The van der Waals surface area contributed by atoms with Crippen molar-refractivity contribution in [3.8, 4) is 0 Å². The van der Waals surface area contributed by atoms with Crippen molar-refractivity contribution in [1.29, 1.82) is 0 Å². The van der Waals surface area contributed by atoms with Gasteiger partial charge in [0.2, 0.25) is 0 Å². The van der Waals surface area contributed by atoms with Crippen molar-refractivity contribution in [3.05, 3.63) is 23.7 Å². The molecule has 142 valence electrons. The quantitative estimate of drug-likeness (QED) is 0.387. The highest BCUT2D eigenvalue weighted by Crippen LogP contribution is 2.26. The van der Waals surface area contributed by atoms with E-state index in [9.17, 15) is 0 Å². The van der Waals surface area contributed by atoms with Crippen molar-refractivity contribution in [3.63, 3.8) is 0 Å². The van der Waals surface area contributed by atoms with Crippen molar-refractivity contribution in [2.75, 3.05) is 39.8 Å². The van der Waals surface area contributed by atoms with Crippen LogP contribution in [-0.4, -0.2) is 56.8 Å². The molecular weight excluding hydrogens is 431 g/mol. The Morgan fingerprint density at radius 3 is 2.68 bits per heavy atom. The molecule has 7 heteroatoms. The molecule has 0 aromatic carbocycles. The van der Waals surface area contributed by atoms with E-state index in [2.05, 4.69) is 26.6 Å². The van der Waals surface area contributed by atoms with Gasteiger partial charge in [0, 0.05) is 26.7 Å². The molecule has 2 atom stereocenters. The number of aryl methyl sites for hydroxylation is 1. The maximum Gasteiger partial charge on any atom is 0.191 e. The number of furan rings is 1. The Hall–Kier alpha value is -0.800. The summed E-state index contributed by atoms with van der Waals surface area (Å²) < 4.78 is 11.6. The number of rotatable bonds is 6. The van der Waals surface area contributed by atoms with Crippen LogP contribution in [0.4, 0.5) is 0 Å². The summed E-state index contributed by atoms with van der Waals surface area (Å²) in [6.07, 6.45) is 5.13. The molecule has 1 aromatic rings. The van der Waals surface area contributed by atoms with Gasteiger partial charge in [-0.25, -0.2) is 0 Å². The summed E-state index contributed by atoms with van der Waals surface area (Å²) in [5.74, 6) is 2.84. The number of ether oxygens (including phenoxy) is 1. The number of likely N-dealkylation sites (tertiary alicyclic amines) is 1. The smallest absolute Gasteiger partial charge is 0.191 e. The molecule has 0 radical (unpaired) electrons. The number of aliphatic imine (C=N–C) groups is 1. The lowest BCUT2D eigenvalue weighted by Gasteiger charge is -2.27. The van der Waals surface area contributed by atoms with Crippen molar-refractivity contribution < 1.29 is 9.15 Å². The zero-order valence-electron chi connectivity index (χ0n) is 15.3. The molecule has 1 aromatic heterocycles. The second-order valence-corrected chi connectivity index (χ2v) is 6.68. The first-order valence-electron chi connectivity index (χ1n) is 9.13. The summed E-state index contributed by atoms with van der Waals surface area (Å²) in [5.41, 5.74) is 0. The van der Waals surface area contributed by atoms with Crippen LogP contribution in [0.25, 0.3) is 0 Å². The molecule has 0 aliphatic carbocycles. The summed E-state index contributed by atoms with van der Waals surface area (Å²) in [4.78, 5) is 6.83. The molecular formula is C18H31IN4O2. The summed E-state index contributed by atoms with van der Waals surface area (Å²) >= 11 is 0. The molecule has 2 aliphatic heterocycles. The molecule has 2 aliphatic rings. The molecule has 2 unspecified atom stereocenters. The maximum atomic E-state index is 5.90. The second kappa shape index (κ2) is 10.4. The number of nitrogens with one attached hydrogen (secondary N) is 2. The average Bonchev–Trinajstić information content (AvgIpc) is 3.33. The molecule has 2 N–H and O–H groups in total. The van der Waals surface area contributed by atoms with Gasteiger partial charge in [0.05, 0.1) is 12.1 Å². The highest BCUT2D eigenvalue weighted by Gasteiger charge is 2.26. The highest BCUT2D eigenvalue weighted by molar-refractivity contribution is 14.0. The van der Waals surface area contributed by atoms with E-state index < -0.39 is 0 Å². The van der Waals surface area contributed by atoms with Crippen LogP contribution < -0.4 is 10.6 Å². The molecule has 2 saturated heterocycles. The Kier molecular flexibility index (Phi) is 8.51. The van der Waals surface area contributed by atoms with Crippen LogP contribution in [0, 0.1) is 6.92 Å². The molecule has 6 nitrogen and oxygen atoms in total. The van der Waals surface area contributed by atoms with Crippen LogP contribution >= 0.6 is 24.0 Å². The standard InChI is InChI=1S/C18H30N4O2.HI/c1-14-7-8-17(24-14)16(22-9-3-4-10-22)13-21-18(19-2)20-12-15-6-5-11-23-15;/h7-8,15-16H,3-6,9-13H2,1-2H3,(H2,19,20,21);1H. The number of hydrogen-bond donors (Lipinski definition) is 2. The minimum Gasteiger partial charge on any atom is -0.465 e. The SMILES string of the molecule is CN=C(NCC1CCCO1)NCC(c1ccc(C)o1)N1CCCC1.I. The second-order valence-electron chi connectivity index (χ2n) is 6.68. The van der Waals surface area contributed by atoms with Crippen molar-refractivity contribution >= 4 is 29.9 Å². The summed E-state index contributed by atoms with van der Waals surface area (Å²) in [6, 6.07) is 4.40. The lowest BCUT2D eigenvalue weighted by atomic mass is 10.2. The normalized spacial score (nSPS) is 22.6. The fraction of sp³-hybridized carbons (Fsp3) is 0.722. The molecule has 0 amide bonds. The van der Waals surface area contributed by atoms with E-state index in [0.717, 1.165) is 63.1 Å². The molecule has 0 bridgehead atoms. The molecule has 2 fully saturated rings. The first-order chi connectivity index (χ1) is 11.8. The maximum absolute atomic E-state index is 5.90. The predicted molar refractivity (Wildman–Crippen MR) is 111 cm³/mol. The Morgan fingerprint density at radius 1 is 1.28 bits per heavy atom. The van der Waals surface area contributed by atoms with Gasteiger partial charge >= 0.3 is 0 Å². The van der Waals surface area contributed by atoms with E-state index in [1.165, 1.54) is 12.8 Å². The van der Waals surface area contributed by atoms with Crippen LogP contribution in [0.5, 0.6) is 0 Å². The van der Waals surface area contributed by atoms with E-state index in [4.69, 9.17) is 9.15 Å². The van der Waals surface area contributed by atoms with Crippen LogP contribution in [-0.2, 0) is 4.74 Å². The Morgan fingerprint density at radius 2 is 2.08 bits per heavy atom. The lowest BCUT2D eigenvalue weighted by molar-refractivity contribution is 0.113. The molecule has 3 heterocycles. The van der Waals surface area contributed by atoms with Gasteiger partial charge in [-0.05, 0) is 57.8 Å². The minimum absolute atomic E-state index is 0. The predicted octanol–water partition coefficient (Wildman–Crippen LogP) is 2.69. The number of halogens is 1. The highest BCUT2D eigenvalue weighted by atomic mass is 127. The van der Waals surface area contributed by atoms with Crippen LogP contribution in [0.3, 0.4) is 0 Å². The number of hydrogen-bond acceptors (Lipinski definition) is 4. The summed E-state index contributed by atoms with van der Waals surface area (Å²) in [7, 11) is 1.81. The van der Waals surface area contributed by atoms with E-state index in [-0.39, 0.29) is 30.0 Å². The monoisotopic (exact) mass is 462 g/mol. The van der Waals surface area contributed by atoms with Gasteiger partial charge in [-0.1, -0.05) is 0 Å². The zero-order chi connectivity index (χ0) is 16.8. The van der Waals surface area contributed by atoms with Gasteiger partial charge in [-0.3, -0.25) is 9.89 Å². The average molecular weight is 462 g/mol. The van der Waals surface area contributed by atoms with Gasteiger partial charge in [-0.2, -0.15) is 0 Å². The zero-order valence-corrected chi connectivity index (χ0v) is 17.6. The fourth-order valence-corrected chi connectivity index (χ4v) is 3.53. The lowest BCUT2D eigenvalue weighted by Crippen LogP contribution is -2.44. The third kappa shape index (κ3) is 5.86. The van der Waals surface area contributed by atoms with Gasteiger partial charge in [0.25, 0.3) is 0 Å². The van der Waals surface area contributed by atoms with Crippen molar-refractivity contribution in [1.82, 2.24) is 15.5 Å². The molecule has 25 heavy (non-hydrogen) atoms. The van der Waals surface area contributed by atoms with Crippen LogP contribution in [0.2, 0.25) is 0 Å². The number of nitrogens with zero attached hydrogens (tertiary/aromatic N) is 2. The topological polar surface area (TPSA) is 62.0 Å². The van der Waals surface area contributed by atoms with Crippen molar-refractivity contribution in [2.45, 2.75) is 44.8 Å². The van der Waals surface area contributed by atoms with Gasteiger partial charge in [0.1, 0.15) is 11.5 Å². The van der Waals surface area contributed by atoms with Gasteiger partial charge in [-0.15, -0.1) is 24.0 Å². The molecule has 0 saturated carbocycles. The molecule has 3 rings (SSSR count). The number of guanidine groups is 1. The van der Waals surface area contributed by atoms with Crippen LogP contribution in [0.1, 0.15) is 43.2 Å². The third-order valence-electron chi connectivity index (χ3n) is 4.88. The van der Waals surface area contributed by atoms with Gasteiger partial charge < -0.3 is 19.8 Å². The van der Waals surface area contributed by atoms with Crippen molar-refractivity contribution in [2.24, 2.45) is 4.99 Å². The van der Waals surface area contributed by atoms with E-state index >= 15 is 0 Å². The van der Waals surface area contributed by atoms with E-state index in [1.54, 1.807) is 0 Å². The van der Waals surface area contributed by atoms with E-state index in [1.807, 2.05) is 20.0 Å². The third-order valence-corrected chi connectivity index (χ3v) is 4.88. The first-order valence-corrected chi connectivity index (χ1v) is 9.13. The molecule has 0 spiro atoms. The first kappa shape index (κ1) is 20.5. The fourth-order valence-electron chi connectivity index (χ4n) is 3.53. The Balaban J connectivity index is 0.00000225. The Labute approximate surface area is 167 Å². The minimum atomic E-state index is 0. The summed E-state index contributed by atoms with van der Waals surface area (Å²) in [5, 5.41) is 6.84. The van der Waals surface area contributed by atoms with Gasteiger partial charge in [0.15, 0.2) is 5.96 Å². The van der Waals surface area contributed by atoms with E-state index in [0.29, 0.717) is 6.10 Å². The Bertz CT molecular complexity index is 537.